The molecule has 0 unspecified atom stereocenters. The predicted molar refractivity (Wildman–Crippen MR) is 70.2 cm³/mol. The molecule has 2 rings (SSSR count). The van der Waals surface area contributed by atoms with Gasteiger partial charge in [-0.1, -0.05) is 17.7 Å². The maximum absolute atomic E-state index is 13.0. The van der Waals surface area contributed by atoms with E-state index in [0.29, 0.717) is 11.1 Å². The van der Waals surface area contributed by atoms with Gasteiger partial charge in [-0.25, -0.2) is 4.39 Å². The number of hydrogen-bond donors (Lipinski definition) is 1. The van der Waals surface area contributed by atoms with E-state index in [1.54, 1.807) is 0 Å². The van der Waals surface area contributed by atoms with Gasteiger partial charge < -0.3 is 5.73 Å². The van der Waals surface area contributed by atoms with Crippen LogP contribution in [0.5, 0.6) is 0 Å². The Labute approximate surface area is 105 Å². The van der Waals surface area contributed by atoms with Gasteiger partial charge in [-0.2, -0.15) is 0 Å². The zero-order valence-electron chi connectivity index (χ0n) is 10.3. The number of carbonyl (C=O) groups excluding carboxylic acids is 1. The van der Waals surface area contributed by atoms with E-state index in [4.69, 9.17) is 5.73 Å². The van der Waals surface area contributed by atoms with Gasteiger partial charge in [0, 0.05) is 16.8 Å². The highest BCUT2D eigenvalue weighted by atomic mass is 19.1. The van der Waals surface area contributed by atoms with Crippen LogP contribution >= 0.6 is 0 Å². The standard InChI is InChI=1S/C15H14FNO/c1-9-3-4-10(2)13(7-9)15(18)12-6-5-11(16)8-14(12)17/h3-8H,17H2,1-2H3. The zero-order valence-corrected chi connectivity index (χ0v) is 10.3. The third kappa shape index (κ3) is 2.25. The molecular weight excluding hydrogens is 229 g/mol. The van der Waals surface area contributed by atoms with Gasteiger partial charge in [0.15, 0.2) is 5.78 Å². The maximum Gasteiger partial charge on any atom is 0.195 e. The Morgan fingerprint density at radius 1 is 1.06 bits per heavy atom. The van der Waals surface area contributed by atoms with Crippen LogP contribution < -0.4 is 5.73 Å². The topological polar surface area (TPSA) is 43.1 Å². The van der Waals surface area contributed by atoms with E-state index >= 15 is 0 Å². The number of rotatable bonds is 2. The normalized spacial score (nSPS) is 10.4. The van der Waals surface area contributed by atoms with Gasteiger partial charge in [0.1, 0.15) is 5.82 Å². The minimum Gasteiger partial charge on any atom is -0.398 e. The summed E-state index contributed by atoms with van der Waals surface area (Å²) in [4.78, 5) is 12.3. The van der Waals surface area contributed by atoms with Crippen LogP contribution in [-0.4, -0.2) is 5.78 Å². The molecule has 0 atom stereocenters. The molecule has 0 aliphatic carbocycles. The molecule has 2 N–H and O–H groups in total. The molecule has 0 aromatic heterocycles. The number of ketones is 1. The van der Waals surface area contributed by atoms with Crippen molar-refractivity contribution in [3.63, 3.8) is 0 Å². The molecular formula is C15H14FNO. The summed E-state index contributed by atoms with van der Waals surface area (Å²) in [6.07, 6.45) is 0. The average Bonchev–Trinajstić information content (AvgIpc) is 2.31. The summed E-state index contributed by atoms with van der Waals surface area (Å²) in [6.45, 7) is 3.79. The van der Waals surface area contributed by atoms with Crippen LogP contribution in [0.3, 0.4) is 0 Å². The maximum atomic E-state index is 13.0. The van der Waals surface area contributed by atoms with Crippen molar-refractivity contribution in [1.82, 2.24) is 0 Å². The van der Waals surface area contributed by atoms with Crippen molar-refractivity contribution in [2.24, 2.45) is 0 Å². The van der Waals surface area contributed by atoms with Gasteiger partial charge >= 0.3 is 0 Å². The molecule has 0 saturated carbocycles. The van der Waals surface area contributed by atoms with E-state index in [1.807, 2.05) is 32.0 Å². The second-order valence-corrected chi connectivity index (χ2v) is 4.38. The molecule has 0 bridgehead atoms. The fourth-order valence-corrected chi connectivity index (χ4v) is 1.87. The summed E-state index contributed by atoms with van der Waals surface area (Å²) < 4.78 is 13.0. The van der Waals surface area contributed by atoms with Crippen LogP contribution in [0.15, 0.2) is 36.4 Å². The molecule has 2 aromatic carbocycles. The van der Waals surface area contributed by atoms with Crippen LogP contribution in [0.25, 0.3) is 0 Å². The number of nitrogen functional groups attached to an aromatic ring is 1. The van der Waals surface area contributed by atoms with E-state index in [1.165, 1.54) is 18.2 Å². The Bertz CT molecular complexity index is 620. The Morgan fingerprint density at radius 2 is 1.78 bits per heavy atom. The van der Waals surface area contributed by atoms with Crippen LogP contribution in [0.4, 0.5) is 10.1 Å². The number of benzene rings is 2. The smallest absolute Gasteiger partial charge is 0.195 e. The minimum atomic E-state index is -0.440. The quantitative estimate of drug-likeness (QED) is 0.650. The second-order valence-electron chi connectivity index (χ2n) is 4.38. The summed E-state index contributed by atoms with van der Waals surface area (Å²) >= 11 is 0. The third-order valence-corrected chi connectivity index (χ3v) is 2.90. The van der Waals surface area contributed by atoms with Crippen molar-refractivity contribution in [3.8, 4) is 0 Å². The highest BCUT2D eigenvalue weighted by Gasteiger charge is 2.15. The van der Waals surface area contributed by atoms with E-state index in [0.717, 1.165) is 11.1 Å². The van der Waals surface area contributed by atoms with Crippen LogP contribution in [0.1, 0.15) is 27.0 Å². The molecule has 0 amide bonds. The predicted octanol–water partition coefficient (Wildman–Crippen LogP) is 3.26. The first kappa shape index (κ1) is 12.3. The molecule has 0 heterocycles. The Kier molecular flexibility index (Phi) is 3.15. The lowest BCUT2D eigenvalue weighted by molar-refractivity contribution is 0.103. The van der Waals surface area contributed by atoms with E-state index in [-0.39, 0.29) is 11.5 Å². The van der Waals surface area contributed by atoms with Gasteiger partial charge in [-0.05, 0) is 43.7 Å². The number of halogens is 1. The van der Waals surface area contributed by atoms with Gasteiger partial charge in [0.2, 0.25) is 0 Å². The van der Waals surface area contributed by atoms with E-state index in [2.05, 4.69) is 0 Å². The van der Waals surface area contributed by atoms with Crippen LogP contribution in [0, 0.1) is 19.7 Å². The lowest BCUT2D eigenvalue weighted by atomic mass is 9.96. The Balaban J connectivity index is 2.51. The zero-order chi connectivity index (χ0) is 13.3. The number of carbonyl (C=O) groups is 1. The molecule has 3 heteroatoms. The molecule has 0 aliphatic heterocycles. The lowest BCUT2D eigenvalue weighted by Crippen LogP contribution is -2.07. The SMILES string of the molecule is Cc1ccc(C)c(C(=O)c2ccc(F)cc2N)c1. The van der Waals surface area contributed by atoms with Gasteiger partial charge in [0.05, 0.1) is 0 Å². The Hall–Kier alpha value is -2.16. The van der Waals surface area contributed by atoms with Gasteiger partial charge in [-0.15, -0.1) is 0 Å². The molecule has 0 aliphatic rings. The van der Waals surface area contributed by atoms with Crippen molar-refractivity contribution in [1.29, 1.82) is 0 Å². The highest BCUT2D eigenvalue weighted by molar-refractivity contribution is 6.12. The number of aryl methyl sites for hydroxylation is 2. The average molecular weight is 243 g/mol. The summed E-state index contributed by atoms with van der Waals surface area (Å²) in [5.41, 5.74) is 8.69. The molecule has 18 heavy (non-hydrogen) atoms. The largest absolute Gasteiger partial charge is 0.398 e. The summed E-state index contributed by atoms with van der Waals surface area (Å²) in [6, 6.07) is 9.49. The monoisotopic (exact) mass is 243 g/mol. The number of nitrogens with two attached hydrogens (primary N) is 1. The van der Waals surface area contributed by atoms with Crippen LogP contribution in [0.2, 0.25) is 0 Å². The lowest BCUT2D eigenvalue weighted by Gasteiger charge is -2.08. The molecule has 0 fully saturated rings. The van der Waals surface area contributed by atoms with Crippen molar-refractivity contribution in [2.45, 2.75) is 13.8 Å². The van der Waals surface area contributed by atoms with E-state index in [9.17, 15) is 9.18 Å². The molecule has 2 nitrogen and oxygen atoms in total. The molecule has 0 radical (unpaired) electrons. The summed E-state index contributed by atoms with van der Waals surface area (Å²) in [5.74, 6) is -0.612. The first-order chi connectivity index (χ1) is 8.49. The molecule has 0 saturated heterocycles. The van der Waals surface area contributed by atoms with Crippen molar-refractivity contribution in [3.05, 3.63) is 64.5 Å². The molecule has 0 spiro atoms. The number of anilines is 1. The number of hydrogen-bond acceptors (Lipinski definition) is 2. The summed E-state index contributed by atoms with van der Waals surface area (Å²) in [7, 11) is 0. The van der Waals surface area contributed by atoms with Crippen molar-refractivity contribution < 1.29 is 9.18 Å². The second kappa shape index (κ2) is 4.61. The molecule has 2 aromatic rings. The summed E-state index contributed by atoms with van der Waals surface area (Å²) in [5, 5.41) is 0. The minimum absolute atomic E-state index is 0.168. The van der Waals surface area contributed by atoms with Crippen LogP contribution in [-0.2, 0) is 0 Å². The van der Waals surface area contributed by atoms with Crippen molar-refractivity contribution in [2.75, 3.05) is 5.73 Å². The first-order valence-electron chi connectivity index (χ1n) is 5.66. The molecule has 92 valence electrons. The van der Waals surface area contributed by atoms with E-state index < -0.39 is 5.82 Å². The Morgan fingerprint density at radius 3 is 2.44 bits per heavy atom. The highest BCUT2D eigenvalue weighted by Crippen LogP contribution is 2.20. The van der Waals surface area contributed by atoms with Gasteiger partial charge in [-0.3, -0.25) is 4.79 Å². The van der Waals surface area contributed by atoms with Crippen molar-refractivity contribution >= 4 is 11.5 Å². The van der Waals surface area contributed by atoms with Gasteiger partial charge in [0.25, 0.3) is 0 Å². The fraction of sp³-hybridized carbons (Fsp3) is 0.133. The first-order valence-corrected chi connectivity index (χ1v) is 5.66. The fourth-order valence-electron chi connectivity index (χ4n) is 1.87. The third-order valence-electron chi connectivity index (χ3n) is 2.90.